The Hall–Kier alpha value is -3.77. The van der Waals surface area contributed by atoms with Crippen LogP contribution in [0, 0.1) is 0 Å². The topological polar surface area (TPSA) is 60.2 Å². The normalized spacial score (nSPS) is 11.3. The predicted molar refractivity (Wildman–Crippen MR) is 114 cm³/mol. The molecule has 0 N–H and O–H groups in total. The number of aromatic nitrogens is 3. The first kappa shape index (κ1) is 19.5. The molecule has 0 saturated carbocycles. The minimum atomic E-state index is -0.805. The smallest absolute Gasteiger partial charge is 0.274 e. The Morgan fingerprint density at radius 2 is 1.27 bits per heavy atom. The van der Waals surface area contributed by atoms with E-state index in [0.29, 0.717) is 0 Å². The maximum absolute atomic E-state index is 12.6. The number of benzene rings is 3. The van der Waals surface area contributed by atoms with Crippen LogP contribution >= 0.6 is 0 Å². The van der Waals surface area contributed by atoms with Crippen LogP contribution in [0.3, 0.4) is 0 Å². The molecule has 150 valence electrons. The van der Waals surface area contributed by atoms with Crippen LogP contribution in [0.1, 0.15) is 27.3 Å². The van der Waals surface area contributed by atoms with Gasteiger partial charge in [-0.25, -0.2) is 14.7 Å². The van der Waals surface area contributed by atoms with Crippen molar-refractivity contribution < 1.29 is 9.63 Å². The molecule has 3 aromatic carbocycles. The highest BCUT2D eigenvalue weighted by Gasteiger charge is 2.40. The number of amides is 1. The molecular formula is C24H22N4O2. The minimum Gasteiger partial charge on any atom is -0.274 e. The van der Waals surface area contributed by atoms with Gasteiger partial charge in [0.15, 0.2) is 0 Å². The van der Waals surface area contributed by atoms with E-state index in [1.807, 2.05) is 54.6 Å². The first-order valence-electron chi connectivity index (χ1n) is 9.59. The molecule has 0 aliphatic carbocycles. The van der Waals surface area contributed by atoms with E-state index in [-0.39, 0.29) is 5.82 Å². The molecule has 0 spiro atoms. The summed E-state index contributed by atoms with van der Waals surface area (Å²) in [5.41, 5.74) is 2.21. The van der Waals surface area contributed by atoms with Crippen LogP contribution in [0.5, 0.6) is 0 Å². The number of carbonyl (C=O) groups excluding carboxylic acids is 1. The van der Waals surface area contributed by atoms with Crippen LogP contribution < -0.4 is 0 Å². The van der Waals surface area contributed by atoms with Crippen LogP contribution in [-0.2, 0) is 10.4 Å². The summed E-state index contributed by atoms with van der Waals surface area (Å²) in [5, 5.41) is 5.72. The molecule has 1 heterocycles. The Bertz CT molecular complexity index is 1020. The fourth-order valence-electron chi connectivity index (χ4n) is 3.68. The SMILES string of the molecule is CON(C)C(=O)c1ncn(C(c2ccccc2)(c2ccccc2)c2ccccc2)n1. The third-order valence-corrected chi connectivity index (χ3v) is 5.16. The van der Waals surface area contributed by atoms with Gasteiger partial charge in [-0.2, -0.15) is 0 Å². The van der Waals surface area contributed by atoms with Gasteiger partial charge in [0.2, 0.25) is 5.82 Å². The zero-order chi connectivity index (χ0) is 21.0. The second-order valence-corrected chi connectivity index (χ2v) is 6.81. The average Bonchev–Trinajstić information content (AvgIpc) is 3.31. The van der Waals surface area contributed by atoms with Gasteiger partial charge in [-0.1, -0.05) is 91.0 Å². The van der Waals surface area contributed by atoms with Gasteiger partial charge >= 0.3 is 5.91 Å². The van der Waals surface area contributed by atoms with Crippen LogP contribution in [0.2, 0.25) is 0 Å². The van der Waals surface area contributed by atoms with E-state index >= 15 is 0 Å². The van der Waals surface area contributed by atoms with Gasteiger partial charge in [-0.15, -0.1) is 5.10 Å². The van der Waals surface area contributed by atoms with Crippen LogP contribution in [0.15, 0.2) is 97.3 Å². The third-order valence-electron chi connectivity index (χ3n) is 5.16. The molecule has 4 rings (SSSR count). The molecule has 0 radical (unpaired) electrons. The van der Waals surface area contributed by atoms with Crippen molar-refractivity contribution in [1.82, 2.24) is 19.8 Å². The summed E-state index contributed by atoms with van der Waals surface area (Å²) in [6, 6.07) is 30.3. The van der Waals surface area contributed by atoms with E-state index in [0.717, 1.165) is 21.8 Å². The molecule has 1 amide bonds. The highest BCUT2D eigenvalue weighted by atomic mass is 16.7. The molecule has 30 heavy (non-hydrogen) atoms. The van der Waals surface area contributed by atoms with Crippen LogP contribution in [0.25, 0.3) is 0 Å². The highest BCUT2D eigenvalue weighted by Crippen LogP contribution is 2.40. The second-order valence-electron chi connectivity index (χ2n) is 6.81. The van der Waals surface area contributed by atoms with E-state index in [4.69, 9.17) is 4.84 Å². The lowest BCUT2D eigenvalue weighted by Gasteiger charge is -2.35. The fourth-order valence-corrected chi connectivity index (χ4v) is 3.68. The lowest BCUT2D eigenvalue weighted by atomic mass is 9.77. The molecular weight excluding hydrogens is 376 g/mol. The van der Waals surface area contributed by atoms with Gasteiger partial charge in [-0.05, 0) is 16.7 Å². The molecule has 0 aliphatic heterocycles. The monoisotopic (exact) mass is 398 g/mol. The Morgan fingerprint density at radius 1 is 0.833 bits per heavy atom. The molecule has 6 heteroatoms. The van der Waals surface area contributed by atoms with E-state index < -0.39 is 11.4 Å². The minimum absolute atomic E-state index is 0.0616. The molecule has 0 atom stereocenters. The summed E-state index contributed by atoms with van der Waals surface area (Å²) < 4.78 is 1.75. The van der Waals surface area contributed by atoms with Crippen molar-refractivity contribution in [2.75, 3.05) is 14.2 Å². The highest BCUT2D eigenvalue weighted by molar-refractivity contribution is 5.89. The van der Waals surface area contributed by atoms with E-state index in [1.54, 1.807) is 11.0 Å². The van der Waals surface area contributed by atoms with Crippen molar-refractivity contribution in [2.24, 2.45) is 0 Å². The summed E-state index contributed by atoms with van der Waals surface area (Å²) in [4.78, 5) is 21.9. The molecule has 6 nitrogen and oxygen atoms in total. The van der Waals surface area contributed by atoms with Crippen LogP contribution in [-0.4, -0.2) is 39.9 Å². The molecule has 0 saturated heterocycles. The number of hydrogen-bond donors (Lipinski definition) is 0. The van der Waals surface area contributed by atoms with Gasteiger partial charge in [0.25, 0.3) is 0 Å². The van der Waals surface area contributed by atoms with E-state index in [1.165, 1.54) is 14.2 Å². The van der Waals surface area contributed by atoms with Gasteiger partial charge in [0, 0.05) is 7.05 Å². The Labute approximate surface area is 175 Å². The summed E-state index contributed by atoms with van der Waals surface area (Å²) in [6.07, 6.45) is 1.60. The van der Waals surface area contributed by atoms with Gasteiger partial charge < -0.3 is 0 Å². The maximum Gasteiger partial charge on any atom is 0.316 e. The van der Waals surface area contributed by atoms with Crippen molar-refractivity contribution in [3.05, 3.63) is 120 Å². The molecule has 0 bridgehead atoms. The first-order valence-corrected chi connectivity index (χ1v) is 9.59. The number of carbonyl (C=O) groups is 1. The predicted octanol–water partition coefficient (Wildman–Crippen LogP) is 3.75. The maximum atomic E-state index is 12.6. The summed E-state index contributed by atoms with van der Waals surface area (Å²) in [5.74, 6) is -0.356. The quantitative estimate of drug-likeness (QED) is 0.367. The largest absolute Gasteiger partial charge is 0.316 e. The van der Waals surface area contributed by atoms with Crippen LogP contribution in [0.4, 0.5) is 0 Å². The lowest BCUT2D eigenvalue weighted by Crippen LogP contribution is -2.38. The van der Waals surface area contributed by atoms with E-state index in [2.05, 4.69) is 46.5 Å². The van der Waals surface area contributed by atoms with E-state index in [9.17, 15) is 4.79 Å². The number of rotatable bonds is 6. The lowest BCUT2D eigenvalue weighted by molar-refractivity contribution is -0.0764. The molecule has 1 aromatic heterocycles. The van der Waals surface area contributed by atoms with Crippen molar-refractivity contribution in [3.8, 4) is 0 Å². The van der Waals surface area contributed by atoms with Gasteiger partial charge in [0.05, 0.1) is 7.11 Å². The average molecular weight is 398 g/mol. The van der Waals surface area contributed by atoms with Gasteiger partial charge in [-0.3, -0.25) is 9.63 Å². The fraction of sp³-hybridized carbons (Fsp3) is 0.125. The zero-order valence-corrected chi connectivity index (χ0v) is 16.8. The number of hydroxylamine groups is 2. The Balaban J connectivity index is 2.02. The molecule has 0 unspecified atom stereocenters. The summed E-state index contributed by atoms with van der Waals surface area (Å²) >= 11 is 0. The third kappa shape index (κ3) is 3.27. The number of nitrogens with zero attached hydrogens (tertiary/aromatic N) is 4. The zero-order valence-electron chi connectivity index (χ0n) is 16.8. The van der Waals surface area contributed by atoms with Crippen molar-refractivity contribution in [2.45, 2.75) is 5.54 Å². The summed E-state index contributed by atoms with van der Waals surface area (Å²) in [6.45, 7) is 0. The Kier molecular flexibility index (Phi) is 5.41. The van der Waals surface area contributed by atoms with Gasteiger partial charge in [0.1, 0.15) is 11.9 Å². The summed E-state index contributed by atoms with van der Waals surface area (Å²) in [7, 11) is 2.96. The standard InChI is InChI=1S/C24H22N4O2/c1-27(30-2)23(29)22-25-18-28(26-22)24(19-12-6-3-7-13-19,20-14-8-4-9-15-20)21-16-10-5-11-17-21/h3-18H,1-2H3. The molecule has 4 aromatic rings. The number of hydrogen-bond acceptors (Lipinski definition) is 4. The first-order chi connectivity index (χ1) is 14.7. The van der Waals surface area contributed by atoms with Crippen molar-refractivity contribution >= 4 is 5.91 Å². The Morgan fingerprint density at radius 3 is 1.67 bits per heavy atom. The van der Waals surface area contributed by atoms with Crippen molar-refractivity contribution in [1.29, 1.82) is 0 Å². The second kappa shape index (κ2) is 8.31. The molecule has 0 aliphatic rings. The molecule has 0 fully saturated rings. The van der Waals surface area contributed by atoms with Crippen molar-refractivity contribution in [3.63, 3.8) is 0 Å².